The number of halogens is 1. The Labute approximate surface area is 122 Å². The van der Waals surface area contributed by atoms with Crippen LogP contribution in [-0.2, 0) is 0 Å². The van der Waals surface area contributed by atoms with E-state index in [9.17, 15) is 0 Å². The van der Waals surface area contributed by atoms with Crippen LogP contribution in [0.2, 0.25) is 5.02 Å². The van der Waals surface area contributed by atoms with Crippen molar-refractivity contribution in [3.8, 4) is 11.6 Å². The standard InChI is InChI=1S/C16H13ClN2O/c1-10-9-12(17)7-8-15(10)20-16-14-6-4-3-5-13(14)11(2)18-19-16/h3-9H,1-2H3. The average Bonchev–Trinajstić information content (AvgIpc) is 2.45. The van der Waals surface area contributed by atoms with Crippen molar-refractivity contribution in [1.29, 1.82) is 0 Å². The highest BCUT2D eigenvalue weighted by Crippen LogP contribution is 2.31. The van der Waals surface area contributed by atoms with E-state index in [-0.39, 0.29) is 0 Å². The first-order chi connectivity index (χ1) is 9.65. The Morgan fingerprint density at radius 1 is 0.950 bits per heavy atom. The predicted octanol–water partition coefficient (Wildman–Crippen LogP) is 4.69. The molecule has 0 aliphatic rings. The van der Waals surface area contributed by atoms with Crippen LogP contribution in [0.25, 0.3) is 10.8 Å². The molecule has 100 valence electrons. The summed E-state index contributed by atoms with van der Waals surface area (Å²) in [5, 5.41) is 11.0. The van der Waals surface area contributed by atoms with Gasteiger partial charge in [-0.25, -0.2) is 0 Å². The third-order valence-electron chi connectivity index (χ3n) is 3.18. The van der Waals surface area contributed by atoms with Crippen molar-refractivity contribution < 1.29 is 4.74 Å². The Bertz CT molecular complexity index is 787. The lowest BCUT2D eigenvalue weighted by molar-refractivity contribution is 0.458. The number of nitrogens with zero attached hydrogens (tertiary/aromatic N) is 2. The fraction of sp³-hybridized carbons (Fsp3) is 0.125. The third-order valence-corrected chi connectivity index (χ3v) is 3.42. The van der Waals surface area contributed by atoms with E-state index in [4.69, 9.17) is 16.3 Å². The minimum atomic E-state index is 0.511. The van der Waals surface area contributed by atoms with Crippen molar-refractivity contribution in [2.45, 2.75) is 13.8 Å². The van der Waals surface area contributed by atoms with Crippen molar-refractivity contribution in [3.05, 3.63) is 58.7 Å². The first-order valence-corrected chi connectivity index (χ1v) is 6.69. The summed E-state index contributed by atoms with van der Waals surface area (Å²) in [5.41, 5.74) is 1.85. The van der Waals surface area contributed by atoms with Crippen LogP contribution >= 0.6 is 11.6 Å². The molecule has 3 nitrogen and oxygen atoms in total. The molecular weight excluding hydrogens is 272 g/mol. The predicted molar refractivity (Wildman–Crippen MR) is 80.5 cm³/mol. The number of ether oxygens (including phenoxy) is 1. The van der Waals surface area contributed by atoms with Crippen LogP contribution in [-0.4, -0.2) is 10.2 Å². The normalized spacial score (nSPS) is 10.8. The summed E-state index contributed by atoms with van der Waals surface area (Å²) in [7, 11) is 0. The van der Waals surface area contributed by atoms with Gasteiger partial charge in [-0.15, -0.1) is 5.10 Å². The number of hydrogen-bond acceptors (Lipinski definition) is 3. The van der Waals surface area contributed by atoms with Crippen molar-refractivity contribution in [2.24, 2.45) is 0 Å². The van der Waals surface area contributed by atoms with Crippen LogP contribution in [0.4, 0.5) is 0 Å². The Kier molecular flexibility index (Phi) is 3.28. The molecule has 0 N–H and O–H groups in total. The fourth-order valence-electron chi connectivity index (χ4n) is 2.12. The van der Waals surface area contributed by atoms with Gasteiger partial charge >= 0.3 is 0 Å². The van der Waals surface area contributed by atoms with Gasteiger partial charge in [-0.3, -0.25) is 0 Å². The monoisotopic (exact) mass is 284 g/mol. The Morgan fingerprint density at radius 3 is 2.45 bits per heavy atom. The van der Waals surface area contributed by atoms with Gasteiger partial charge in [0.2, 0.25) is 5.88 Å². The smallest absolute Gasteiger partial charge is 0.246 e. The van der Waals surface area contributed by atoms with E-state index >= 15 is 0 Å². The number of benzene rings is 2. The molecule has 0 atom stereocenters. The summed E-state index contributed by atoms with van der Waals surface area (Å²) in [6.45, 7) is 3.89. The molecule has 1 heterocycles. The molecule has 20 heavy (non-hydrogen) atoms. The molecule has 0 saturated carbocycles. The van der Waals surface area contributed by atoms with Crippen LogP contribution in [0, 0.1) is 13.8 Å². The van der Waals surface area contributed by atoms with Crippen LogP contribution < -0.4 is 4.74 Å². The molecular formula is C16H13ClN2O. The minimum Gasteiger partial charge on any atom is -0.437 e. The van der Waals surface area contributed by atoms with Crippen LogP contribution in [0.15, 0.2) is 42.5 Å². The quantitative estimate of drug-likeness (QED) is 0.684. The van der Waals surface area contributed by atoms with E-state index in [1.54, 1.807) is 6.07 Å². The molecule has 0 unspecified atom stereocenters. The van der Waals surface area contributed by atoms with Gasteiger partial charge in [0.25, 0.3) is 0 Å². The van der Waals surface area contributed by atoms with Gasteiger partial charge in [0.05, 0.1) is 5.69 Å². The molecule has 4 heteroatoms. The number of fused-ring (bicyclic) bond motifs is 1. The van der Waals surface area contributed by atoms with Gasteiger partial charge in [-0.1, -0.05) is 29.8 Å². The maximum absolute atomic E-state index is 5.95. The van der Waals surface area contributed by atoms with Gasteiger partial charge in [0.1, 0.15) is 5.75 Å². The van der Waals surface area contributed by atoms with Crippen LogP contribution in [0.3, 0.4) is 0 Å². The minimum absolute atomic E-state index is 0.511. The van der Waals surface area contributed by atoms with Crippen LogP contribution in [0.1, 0.15) is 11.3 Å². The van der Waals surface area contributed by atoms with E-state index < -0.39 is 0 Å². The molecule has 1 aromatic heterocycles. The van der Waals surface area contributed by atoms with Crippen molar-refractivity contribution >= 4 is 22.4 Å². The number of aryl methyl sites for hydroxylation is 2. The summed E-state index contributed by atoms with van der Waals surface area (Å²) >= 11 is 5.95. The van der Waals surface area contributed by atoms with E-state index in [2.05, 4.69) is 10.2 Å². The van der Waals surface area contributed by atoms with E-state index in [1.165, 1.54) is 0 Å². The second-order valence-electron chi connectivity index (χ2n) is 4.65. The maximum Gasteiger partial charge on any atom is 0.246 e. The lowest BCUT2D eigenvalue weighted by Gasteiger charge is -2.10. The third kappa shape index (κ3) is 2.32. The van der Waals surface area contributed by atoms with Gasteiger partial charge in [-0.05, 0) is 43.7 Å². The Morgan fingerprint density at radius 2 is 1.70 bits per heavy atom. The molecule has 2 aromatic carbocycles. The SMILES string of the molecule is Cc1cc(Cl)ccc1Oc1nnc(C)c2ccccc12. The lowest BCUT2D eigenvalue weighted by atomic mass is 10.1. The van der Waals surface area contributed by atoms with Gasteiger partial charge in [0, 0.05) is 15.8 Å². The highest BCUT2D eigenvalue weighted by Gasteiger charge is 2.09. The Balaban J connectivity index is 2.09. The molecule has 0 spiro atoms. The molecule has 0 saturated heterocycles. The van der Waals surface area contributed by atoms with Crippen molar-refractivity contribution in [3.63, 3.8) is 0 Å². The number of hydrogen-bond donors (Lipinski definition) is 0. The summed E-state index contributed by atoms with van der Waals surface area (Å²) in [5.74, 6) is 1.24. The summed E-state index contributed by atoms with van der Waals surface area (Å²) < 4.78 is 5.90. The van der Waals surface area contributed by atoms with Gasteiger partial charge in [-0.2, -0.15) is 5.10 Å². The molecule has 3 aromatic rings. The van der Waals surface area contributed by atoms with Gasteiger partial charge in [0.15, 0.2) is 0 Å². The zero-order valence-corrected chi connectivity index (χ0v) is 12.0. The molecule has 3 rings (SSSR count). The fourth-order valence-corrected chi connectivity index (χ4v) is 2.35. The second kappa shape index (κ2) is 5.10. The highest BCUT2D eigenvalue weighted by atomic mass is 35.5. The molecule has 0 amide bonds. The second-order valence-corrected chi connectivity index (χ2v) is 5.08. The summed E-state index contributed by atoms with van der Waals surface area (Å²) in [6.07, 6.45) is 0. The first-order valence-electron chi connectivity index (χ1n) is 6.31. The molecule has 0 bridgehead atoms. The Hall–Kier alpha value is -2.13. The first kappa shape index (κ1) is 12.9. The molecule has 0 radical (unpaired) electrons. The number of rotatable bonds is 2. The van der Waals surface area contributed by atoms with Crippen LogP contribution in [0.5, 0.6) is 11.6 Å². The maximum atomic E-state index is 5.95. The van der Waals surface area contributed by atoms with E-state index in [0.717, 1.165) is 27.8 Å². The molecule has 0 aliphatic carbocycles. The van der Waals surface area contributed by atoms with Gasteiger partial charge < -0.3 is 4.74 Å². The van der Waals surface area contributed by atoms with Crippen molar-refractivity contribution in [2.75, 3.05) is 0 Å². The zero-order valence-electron chi connectivity index (χ0n) is 11.2. The highest BCUT2D eigenvalue weighted by molar-refractivity contribution is 6.30. The average molecular weight is 285 g/mol. The molecule has 0 aliphatic heterocycles. The largest absolute Gasteiger partial charge is 0.437 e. The topological polar surface area (TPSA) is 35.0 Å². The van der Waals surface area contributed by atoms with Crippen molar-refractivity contribution in [1.82, 2.24) is 10.2 Å². The zero-order chi connectivity index (χ0) is 14.1. The number of aromatic nitrogens is 2. The van der Waals surface area contributed by atoms with E-state index in [0.29, 0.717) is 10.9 Å². The lowest BCUT2D eigenvalue weighted by Crippen LogP contribution is -1.96. The van der Waals surface area contributed by atoms with E-state index in [1.807, 2.05) is 50.2 Å². The summed E-state index contributed by atoms with van der Waals surface area (Å²) in [4.78, 5) is 0. The summed E-state index contributed by atoms with van der Waals surface area (Å²) in [6, 6.07) is 13.4. The molecule has 0 fully saturated rings.